The fourth-order valence-corrected chi connectivity index (χ4v) is 1.49. The lowest BCUT2D eigenvalue weighted by molar-refractivity contribution is 0.631. The molecule has 70 valence electrons. The second-order valence-electron chi connectivity index (χ2n) is 3.22. The zero-order valence-electron chi connectivity index (χ0n) is 8.92. The van der Waals surface area contributed by atoms with E-state index < -0.39 is 0 Å². The molecule has 0 aromatic heterocycles. The minimum Gasteiger partial charge on any atom is -0.206 e. The topological polar surface area (TPSA) is 0 Å². The van der Waals surface area contributed by atoms with Crippen LogP contribution >= 0.6 is 0 Å². The number of aryl methyl sites for hydroxylation is 1. The van der Waals surface area contributed by atoms with Crippen LogP contribution in [0.3, 0.4) is 0 Å². The molecular weight excluding hydrogens is 175 g/mol. The maximum absolute atomic E-state index is 13.6. The van der Waals surface area contributed by atoms with Gasteiger partial charge in [0.1, 0.15) is 5.82 Å². The van der Waals surface area contributed by atoms with Crippen LogP contribution in [-0.2, 0) is 0 Å². The van der Waals surface area contributed by atoms with Gasteiger partial charge < -0.3 is 0 Å². The molecule has 1 heteroatoms. The Hall–Kier alpha value is -1.63. The van der Waals surface area contributed by atoms with E-state index in [0.29, 0.717) is 11.6 Å². The summed E-state index contributed by atoms with van der Waals surface area (Å²) in [6, 6.07) is 12.3. The van der Waals surface area contributed by atoms with Crippen LogP contribution in [0.4, 0.5) is 4.39 Å². The average Bonchev–Trinajstić information content (AvgIpc) is 2.23. The van der Waals surface area contributed by atoms with Crippen molar-refractivity contribution in [3.63, 3.8) is 0 Å². The molecule has 0 unspecified atom stereocenters. The Bertz CT molecular complexity index is 492. The van der Waals surface area contributed by atoms with Gasteiger partial charge in [0.2, 0.25) is 0 Å². The standard InChI is InChI=1S/C13H11F/c1-10-6-2-3-7-11(10)12-8-4-5-9-13(12)14/h2-9H,1H3/i4D. The van der Waals surface area contributed by atoms with E-state index in [1.807, 2.05) is 31.2 Å². The summed E-state index contributed by atoms with van der Waals surface area (Å²) in [6.07, 6.45) is 0. The summed E-state index contributed by atoms with van der Waals surface area (Å²) >= 11 is 0. The molecule has 2 rings (SSSR count). The molecule has 0 radical (unpaired) electrons. The molecule has 0 atom stereocenters. The van der Waals surface area contributed by atoms with E-state index >= 15 is 0 Å². The minimum absolute atomic E-state index is 0.278. The molecule has 2 aromatic carbocycles. The lowest BCUT2D eigenvalue weighted by Gasteiger charge is -2.05. The molecule has 0 fully saturated rings. The number of rotatable bonds is 1. The van der Waals surface area contributed by atoms with Gasteiger partial charge in [-0.2, -0.15) is 0 Å². The molecule has 0 bridgehead atoms. The van der Waals surface area contributed by atoms with E-state index in [-0.39, 0.29) is 5.82 Å². The number of hydrogen-bond acceptors (Lipinski definition) is 0. The highest BCUT2D eigenvalue weighted by atomic mass is 19.1. The highest BCUT2D eigenvalue weighted by Gasteiger charge is 2.04. The molecule has 14 heavy (non-hydrogen) atoms. The van der Waals surface area contributed by atoms with Crippen molar-refractivity contribution in [2.75, 3.05) is 0 Å². The first-order valence-corrected chi connectivity index (χ1v) is 4.50. The van der Waals surface area contributed by atoms with Crippen molar-refractivity contribution >= 4 is 0 Å². The minimum atomic E-state index is -0.278. The van der Waals surface area contributed by atoms with Gasteiger partial charge in [-0.1, -0.05) is 42.4 Å². The third kappa shape index (κ3) is 1.53. The van der Waals surface area contributed by atoms with E-state index in [1.54, 1.807) is 6.07 Å². The molecule has 0 amide bonds. The Morgan fingerprint density at radius 3 is 2.57 bits per heavy atom. The van der Waals surface area contributed by atoms with Gasteiger partial charge in [0.05, 0.1) is 1.37 Å². The van der Waals surface area contributed by atoms with Crippen LogP contribution in [0.2, 0.25) is 0 Å². The Kier molecular flexibility index (Phi) is 2.00. The summed E-state index contributed by atoms with van der Waals surface area (Å²) < 4.78 is 21.0. The Labute approximate surface area is 84.4 Å². The predicted molar refractivity (Wildman–Crippen MR) is 56.6 cm³/mol. The molecule has 0 spiro atoms. The first-order chi connectivity index (χ1) is 7.18. The number of halogens is 1. The van der Waals surface area contributed by atoms with Crippen LogP contribution in [-0.4, -0.2) is 0 Å². The second-order valence-corrected chi connectivity index (χ2v) is 3.22. The monoisotopic (exact) mass is 187 g/mol. The van der Waals surface area contributed by atoms with Crippen molar-refractivity contribution in [2.45, 2.75) is 6.92 Å². The summed E-state index contributed by atoms with van der Waals surface area (Å²) in [5.74, 6) is -0.278. The first-order valence-electron chi connectivity index (χ1n) is 5.00. The van der Waals surface area contributed by atoms with Crippen LogP contribution in [0, 0.1) is 12.7 Å². The van der Waals surface area contributed by atoms with E-state index in [0.717, 1.165) is 11.1 Å². The van der Waals surface area contributed by atoms with Crippen LogP contribution in [0.5, 0.6) is 0 Å². The van der Waals surface area contributed by atoms with Crippen LogP contribution < -0.4 is 0 Å². The average molecular weight is 187 g/mol. The van der Waals surface area contributed by atoms with Crippen molar-refractivity contribution in [3.05, 3.63) is 59.9 Å². The fourth-order valence-electron chi connectivity index (χ4n) is 1.49. The smallest absolute Gasteiger partial charge is 0.131 e. The second kappa shape index (κ2) is 3.62. The van der Waals surface area contributed by atoms with Gasteiger partial charge in [-0.05, 0) is 24.1 Å². The van der Waals surface area contributed by atoms with Gasteiger partial charge in [0.15, 0.2) is 0 Å². The van der Waals surface area contributed by atoms with Crippen molar-refractivity contribution in [3.8, 4) is 11.1 Å². The largest absolute Gasteiger partial charge is 0.206 e. The maximum atomic E-state index is 13.6. The van der Waals surface area contributed by atoms with Crippen molar-refractivity contribution in [1.29, 1.82) is 0 Å². The lowest BCUT2D eigenvalue weighted by atomic mass is 10.0. The summed E-state index contributed by atoms with van der Waals surface area (Å²) in [7, 11) is 0. The lowest BCUT2D eigenvalue weighted by Crippen LogP contribution is -1.86. The molecular formula is C13H11F. The first kappa shape index (κ1) is 7.74. The van der Waals surface area contributed by atoms with E-state index in [4.69, 9.17) is 1.37 Å². The Morgan fingerprint density at radius 1 is 1.00 bits per heavy atom. The molecule has 2 aromatic rings. The maximum Gasteiger partial charge on any atom is 0.131 e. The van der Waals surface area contributed by atoms with Gasteiger partial charge in [-0.25, -0.2) is 4.39 Å². The van der Waals surface area contributed by atoms with Crippen molar-refractivity contribution in [1.82, 2.24) is 0 Å². The summed E-state index contributed by atoms with van der Waals surface area (Å²) in [6.45, 7) is 1.94. The molecule has 0 saturated heterocycles. The predicted octanol–water partition coefficient (Wildman–Crippen LogP) is 3.80. The van der Waals surface area contributed by atoms with E-state index in [2.05, 4.69) is 0 Å². The SMILES string of the molecule is [2H]c1ccc(F)c(-c2ccccc2C)c1. The number of hydrogen-bond donors (Lipinski definition) is 0. The molecule has 0 aliphatic rings. The summed E-state index contributed by atoms with van der Waals surface area (Å²) in [5, 5.41) is 0. The van der Waals surface area contributed by atoms with Gasteiger partial charge in [-0.3, -0.25) is 0 Å². The molecule has 0 N–H and O–H groups in total. The van der Waals surface area contributed by atoms with Crippen LogP contribution in [0.15, 0.2) is 48.5 Å². The van der Waals surface area contributed by atoms with Gasteiger partial charge >= 0.3 is 0 Å². The highest BCUT2D eigenvalue weighted by Crippen LogP contribution is 2.25. The third-order valence-electron chi connectivity index (χ3n) is 2.25. The summed E-state index contributed by atoms with van der Waals surface area (Å²) in [4.78, 5) is 0. The normalized spacial score (nSPS) is 11.1. The van der Waals surface area contributed by atoms with Gasteiger partial charge in [0, 0.05) is 5.56 Å². The van der Waals surface area contributed by atoms with Gasteiger partial charge in [-0.15, -0.1) is 0 Å². The Morgan fingerprint density at radius 2 is 1.79 bits per heavy atom. The zero-order chi connectivity index (χ0) is 10.8. The van der Waals surface area contributed by atoms with Crippen molar-refractivity contribution < 1.29 is 5.76 Å². The number of benzene rings is 2. The van der Waals surface area contributed by atoms with Crippen LogP contribution in [0.25, 0.3) is 11.1 Å². The van der Waals surface area contributed by atoms with Crippen LogP contribution in [0.1, 0.15) is 6.93 Å². The highest BCUT2D eigenvalue weighted by molar-refractivity contribution is 5.67. The zero-order valence-corrected chi connectivity index (χ0v) is 7.92. The fraction of sp³-hybridized carbons (Fsp3) is 0.0769. The summed E-state index contributed by atoms with van der Waals surface area (Å²) in [5.41, 5.74) is 2.37. The van der Waals surface area contributed by atoms with Crippen molar-refractivity contribution in [2.24, 2.45) is 0 Å². The molecule has 0 aliphatic heterocycles. The molecule has 0 heterocycles. The molecule has 0 nitrogen and oxygen atoms in total. The van der Waals surface area contributed by atoms with Gasteiger partial charge in [0.25, 0.3) is 0 Å². The molecule has 0 saturated carbocycles. The van der Waals surface area contributed by atoms with E-state index in [1.165, 1.54) is 12.1 Å². The van der Waals surface area contributed by atoms with E-state index in [9.17, 15) is 4.39 Å². The third-order valence-corrected chi connectivity index (χ3v) is 2.25. The Balaban J connectivity index is 2.64. The molecule has 0 aliphatic carbocycles. The quantitative estimate of drug-likeness (QED) is 0.637.